The molecule has 1 spiro atoms. The van der Waals surface area contributed by atoms with Crippen LogP contribution in [0.5, 0.6) is 0 Å². The van der Waals surface area contributed by atoms with Gasteiger partial charge in [-0.1, -0.05) is 42.5 Å². The second-order valence-electron chi connectivity index (χ2n) is 8.79. The number of nitrogens with zero attached hydrogens (tertiary/aromatic N) is 2. The van der Waals surface area contributed by atoms with Gasteiger partial charge in [0.2, 0.25) is 29.0 Å². The van der Waals surface area contributed by atoms with Crippen molar-refractivity contribution < 1.29 is 33.2 Å². The Morgan fingerprint density at radius 2 is 1.42 bits per heavy atom. The van der Waals surface area contributed by atoms with Gasteiger partial charge in [-0.25, -0.2) is 9.29 Å². The summed E-state index contributed by atoms with van der Waals surface area (Å²) in [6.45, 7) is 0. The molecule has 0 saturated carbocycles. The maximum atomic E-state index is 14.9. The van der Waals surface area contributed by atoms with Crippen LogP contribution in [0, 0.1) is 27.8 Å². The lowest BCUT2D eigenvalue weighted by molar-refractivity contribution is -0.384. The minimum Gasteiger partial charge on any atom is -0.349 e. The Bertz CT molecular complexity index is 1480. The molecule has 3 atom stereocenters. The molecule has 2 heterocycles. The Kier molecular flexibility index (Phi) is 4.55. The van der Waals surface area contributed by atoms with Crippen molar-refractivity contribution in [3.63, 3.8) is 0 Å². The van der Waals surface area contributed by atoms with E-state index in [0.29, 0.717) is 0 Å². The van der Waals surface area contributed by atoms with Crippen LogP contribution < -0.4 is 4.90 Å². The number of Topliss-reactive ketones (excluding diaryl/α,β-unsaturated/α-hetero) is 2. The van der Waals surface area contributed by atoms with Crippen molar-refractivity contribution in [3.05, 3.63) is 105 Å². The van der Waals surface area contributed by atoms with Crippen LogP contribution in [0.25, 0.3) is 0 Å². The van der Waals surface area contributed by atoms with E-state index in [1.807, 2.05) is 0 Å². The standard InChI is InChI=1S/C26H15FN2O7/c27-18-8-4-3-7-17(18)21-19-20(26(36-21)22(30)15-5-1-2-6-16(15)23(26)31)25(33)28(24(19)32)13-9-11-14(12-10-13)29(34)35/h1-12,19-21H/t19-,20+,21-/m0/s1. The molecule has 36 heavy (non-hydrogen) atoms. The third-order valence-electron chi connectivity index (χ3n) is 7.05. The fourth-order valence-electron chi connectivity index (χ4n) is 5.48. The van der Waals surface area contributed by atoms with Gasteiger partial charge < -0.3 is 4.74 Å². The van der Waals surface area contributed by atoms with E-state index in [1.165, 1.54) is 42.5 Å². The molecular formula is C26H15FN2O7. The fourth-order valence-corrected chi connectivity index (χ4v) is 5.48. The lowest BCUT2D eigenvalue weighted by atomic mass is 9.77. The van der Waals surface area contributed by atoms with E-state index in [4.69, 9.17) is 4.74 Å². The zero-order chi connectivity index (χ0) is 25.4. The zero-order valence-corrected chi connectivity index (χ0v) is 18.3. The van der Waals surface area contributed by atoms with Crippen LogP contribution in [-0.2, 0) is 14.3 Å². The summed E-state index contributed by atoms with van der Waals surface area (Å²) in [4.78, 5) is 66.0. The lowest BCUT2D eigenvalue weighted by Gasteiger charge is -2.27. The average molecular weight is 486 g/mol. The Morgan fingerprint density at radius 3 is 2.00 bits per heavy atom. The first kappa shape index (κ1) is 21.9. The maximum absolute atomic E-state index is 14.9. The van der Waals surface area contributed by atoms with Gasteiger partial charge in [0.05, 0.1) is 28.6 Å². The Balaban J connectivity index is 1.53. The third-order valence-corrected chi connectivity index (χ3v) is 7.05. The minimum atomic E-state index is -2.33. The number of non-ortho nitro benzene ring substituents is 1. The van der Waals surface area contributed by atoms with E-state index in [0.717, 1.165) is 23.1 Å². The fraction of sp³-hybridized carbons (Fsp3) is 0.154. The molecule has 2 aliphatic heterocycles. The number of ketones is 2. The molecule has 2 saturated heterocycles. The summed E-state index contributed by atoms with van der Waals surface area (Å²) in [5.74, 6) is -6.81. The molecule has 2 amide bonds. The van der Waals surface area contributed by atoms with E-state index in [1.54, 1.807) is 12.1 Å². The number of fused-ring (bicyclic) bond motifs is 3. The molecule has 0 aromatic heterocycles. The predicted octanol–water partition coefficient (Wildman–Crippen LogP) is 3.43. The van der Waals surface area contributed by atoms with Crippen molar-refractivity contribution in [1.29, 1.82) is 0 Å². The van der Waals surface area contributed by atoms with Crippen molar-refractivity contribution in [2.24, 2.45) is 11.8 Å². The van der Waals surface area contributed by atoms with Crippen molar-refractivity contribution in [2.45, 2.75) is 11.7 Å². The highest BCUT2D eigenvalue weighted by atomic mass is 19.1. The summed E-state index contributed by atoms with van der Waals surface area (Å²) in [6.07, 6.45) is -1.39. The maximum Gasteiger partial charge on any atom is 0.269 e. The Labute approximate surface area is 202 Å². The first-order valence-electron chi connectivity index (χ1n) is 11.0. The van der Waals surface area contributed by atoms with Crippen molar-refractivity contribution >= 4 is 34.8 Å². The third kappa shape index (κ3) is 2.67. The number of hydrogen-bond donors (Lipinski definition) is 0. The van der Waals surface area contributed by atoms with Gasteiger partial charge >= 0.3 is 0 Å². The number of benzene rings is 3. The number of nitro groups is 1. The number of halogens is 1. The minimum absolute atomic E-state index is 0.0304. The molecule has 0 radical (unpaired) electrons. The van der Waals surface area contributed by atoms with Gasteiger partial charge in [-0.2, -0.15) is 0 Å². The van der Waals surface area contributed by atoms with Gasteiger partial charge in [0.15, 0.2) is 0 Å². The van der Waals surface area contributed by atoms with Gasteiger partial charge in [0.25, 0.3) is 5.69 Å². The zero-order valence-electron chi connectivity index (χ0n) is 18.3. The number of nitro benzene ring substituents is 1. The SMILES string of the molecule is O=C1[C@@H]2[C@H](c3ccccc3F)OC3(C(=O)c4ccccc4C3=O)[C@H]2C(=O)N1c1ccc([N+](=O)[O-])cc1. The second-order valence-corrected chi connectivity index (χ2v) is 8.79. The molecule has 178 valence electrons. The number of carbonyl (C=O) groups is 4. The topological polar surface area (TPSA) is 124 Å². The van der Waals surface area contributed by atoms with E-state index < -0.39 is 57.7 Å². The smallest absolute Gasteiger partial charge is 0.269 e. The molecule has 10 heteroatoms. The largest absolute Gasteiger partial charge is 0.349 e. The van der Waals surface area contributed by atoms with Crippen molar-refractivity contribution in [1.82, 2.24) is 0 Å². The van der Waals surface area contributed by atoms with Crippen LogP contribution in [0.1, 0.15) is 32.4 Å². The van der Waals surface area contributed by atoms with Gasteiger partial charge in [-0.05, 0) is 18.2 Å². The first-order chi connectivity index (χ1) is 17.3. The molecule has 0 unspecified atom stereocenters. The number of imide groups is 1. The van der Waals surface area contributed by atoms with E-state index in [-0.39, 0.29) is 28.1 Å². The van der Waals surface area contributed by atoms with Crippen LogP contribution >= 0.6 is 0 Å². The van der Waals surface area contributed by atoms with Gasteiger partial charge in [0, 0.05) is 28.8 Å². The molecule has 0 bridgehead atoms. The van der Waals surface area contributed by atoms with Crippen LogP contribution in [0.3, 0.4) is 0 Å². The summed E-state index contributed by atoms with van der Waals surface area (Å²) in [5.41, 5.74) is -2.49. The molecule has 3 aromatic rings. The van der Waals surface area contributed by atoms with E-state index in [9.17, 15) is 33.7 Å². The highest BCUT2D eigenvalue weighted by molar-refractivity contribution is 6.37. The molecular weight excluding hydrogens is 471 g/mol. The van der Waals surface area contributed by atoms with Crippen LogP contribution in [0.4, 0.5) is 15.8 Å². The summed E-state index contributed by atoms with van der Waals surface area (Å²) in [6, 6.07) is 16.2. The molecule has 2 fully saturated rings. The molecule has 1 aliphatic carbocycles. The van der Waals surface area contributed by atoms with Crippen LogP contribution in [0.2, 0.25) is 0 Å². The highest BCUT2D eigenvalue weighted by Crippen LogP contribution is 2.58. The van der Waals surface area contributed by atoms with E-state index in [2.05, 4.69) is 0 Å². The summed E-state index contributed by atoms with van der Waals surface area (Å²) in [7, 11) is 0. The quantitative estimate of drug-likeness (QED) is 0.240. The summed E-state index contributed by atoms with van der Waals surface area (Å²) < 4.78 is 20.9. The number of hydrogen-bond acceptors (Lipinski definition) is 7. The molecule has 3 aromatic carbocycles. The molecule has 3 aliphatic rings. The predicted molar refractivity (Wildman–Crippen MR) is 121 cm³/mol. The number of rotatable bonds is 3. The van der Waals surface area contributed by atoms with E-state index >= 15 is 0 Å². The molecule has 6 rings (SSSR count). The number of ether oxygens (including phenoxy) is 1. The number of amides is 2. The van der Waals surface area contributed by atoms with Gasteiger partial charge in [-0.15, -0.1) is 0 Å². The number of anilines is 1. The second kappa shape index (κ2) is 7.46. The van der Waals surface area contributed by atoms with Crippen molar-refractivity contribution in [3.8, 4) is 0 Å². The van der Waals surface area contributed by atoms with Gasteiger partial charge in [0.1, 0.15) is 5.82 Å². The summed E-state index contributed by atoms with van der Waals surface area (Å²) >= 11 is 0. The monoisotopic (exact) mass is 486 g/mol. The number of carbonyl (C=O) groups excluding carboxylic acids is 4. The van der Waals surface area contributed by atoms with Gasteiger partial charge in [-0.3, -0.25) is 29.3 Å². The van der Waals surface area contributed by atoms with Crippen LogP contribution in [-0.4, -0.2) is 33.9 Å². The van der Waals surface area contributed by atoms with Crippen molar-refractivity contribution in [2.75, 3.05) is 4.90 Å². The van der Waals surface area contributed by atoms with Crippen LogP contribution in [0.15, 0.2) is 72.8 Å². The molecule has 0 N–H and O–H groups in total. The Morgan fingerprint density at radius 1 is 0.833 bits per heavy atom. The lowest BCUT2D eigenvalue weighted by Crippen LogP contribution is -2.51. The Hall–Kier alpha value is -4.57. The normalized spacial score (nSPS) is 23.9. The highest BCUT2D eigenvalue weighted by Gasteiger charge is 2.75. The average Bonchev–Trinajstić information content (AvgIpc) is 3.44. The molecule has 9 nitrogen and oxygen atoms in total. The first-order valence-corrected chi connectivity index (χ1v) is 11.0. The summed E-state index contributed by atoms with van der Waals surface area (Å²) in [5, 5.41) is 11.0.